The normalized spacial score (nSPS) is 22.8. The zero-order valence-corrected chi connectivity index (χ0v) is 21.2. The van der Waals surface area contributed by atoms with Crippen LogP contribution in [0.25, 0.3) is 5.57 Å². The Hall–Kier alpha value is -2.88. The number of hydrogen-bond donors (Lipinski definition) is 0. The minimum Gasteiger partial charge on any atom is -0.307 e. The predicted octanol–water partition coefficient (Wildman–Crippen LogP) is 6.47. The lowest BCUT2D eigenvalue weighted by atomic mass is 9.64. The Balaban J connectivity index is 1.92. The Kier molecular flexibility index (Phi) is 5.35. The fourth-order valence-corrected chi connectivity index (χ4v) is 6.34. The van der Waals surface area contributed by atoms with Crippen LogP contribution in [0.15, 0.2) is 48.5 Å². The van der Waals surface area contributed by atoms with Gasteiger partial charge in [0.25, 0.3) is 0 Å². The fraction of sp³-hybridized carbons (Fsp3) is 0.448. The lowest BCUT2D eigenvalue weighted by molar-refractivity contribution is -0.119. The minimum absolute atomic E-state index is 0.0645. The highest BCUT2D eigenvalue weighted by Gasteiger charge is 2.47. The molecule has 0 fully saturated rings. The minimum atomic E-state index is -0.364. The first kappa shape index (κ1) is 23.3. The molecular formula is C29H36N2O2. The van der Waals surface area contributed by atoms with Crippen molar-refractivity contribution in [2.24, 2.45) is 0 Å². The second-order valence-electron chi connectivity index (χ2n) is 11.0. The summed E-state index contributed by atoms with van der Waals surface area (Å²) in [6, 6.07) is 14.8. The highest BCUT2D eigenvalue weighted by atomic mass is 16.2. The second kappa shape index (κ2) is 7.58. The number of carbonyl (C=O) groups is 2. The summed E-state index contributed by atoms with van der Waals surface area (Å²) in [7, 11) is 0. The summed E-state index contributed by atoms with van der Waals surface area (Å²) in [5.74, 6) is 0.194. The molecular weight excluding hydrogens is 408 g/mol. The number of fused-ring (bicyclic) bond motifs is 2. The number of allylic oxidation sites excluding steroid dienone is 1. The third kappa shape index (κ3) is 3.51. The highest BCUT2D eigenvalue weighted by Crippen LogP contribution is 2.51. The first-order valence-corrected chi connectivity index (χ1v) is 11.9. The van der Waals surface area contributed by atoms with Crippen molar-refractivity contribution in [1.82, 2.24) is 0 Å². The van der Waals surface area contributed by atoms with Gasteiger partial charge in [-0.1, -0.05) is 44.2 Å². The number of para-hydroxylation sites is 1. The van der Waals surface area contributed by atoms with Gasteiger partial charge in [-0.2, -0.15) is 0 Å². The van der Waals surface area contributed by atoms with Gasteiger partial charge >= 0.3 is 0 Å². The SMILES string of the molecule is CCC(=O)N1c2ccc([C@]3(C)CC(C)(C)N(C(C)=O)c4ccccc43)cc2C(C)=CC1(C)C. The molecule has 2 aliphatic heterocycles. The van der Waals surface area contributed by atoms with Crippen LogP contribution < -0.4 is 9.80 Å². The van der Waals surface area contributed by atoms with Crippen molar-refractivity contribution in [3.63, 3.8) is 0 Å². The van der Waals surface area contributed by atoms with Gasteiger partial charge in [0, 0.05) is 35.5 Å². The van der Waals surface area contributed by atoms with Crippen LogP contribution in [0.2, 0.25) is 0 Å². The number of rotatable bonds is 2. The van der Waals surface area contributed by atoms with E-state index in [0.717, 1.165) is 23.4 Å². The molecule has 33 heavy (non-hydrogen) atoms. The van der Waals surface area contributed by atoms with Crippen LogP contribution in [-0.4, -0.2) is 22.9 Å². The van der Waals surface area contributed by atoms with Crippen molar-refractivity contribution in [3.05, 3.63) is 65.2 Å². The van der Waals surface area contributed by atoms with Crippen molar-refractivity contribution in [2.75, 3.05) is 9.80 Å². The molecule has 0 unspecified atom stereocenters. The zero-order chi connectivity index (χ0) is 24.3. The van der Waals surface area contributed by atoms with Crippen LogP contribution in [0.3, 0.4) is 0 Å². The maximum atomic E-state index is 12.9. The zero-order valence-electron chi connectivity index (χ0n) is 21.2. The van der Waals surface area contributed by atoms with Gasteiger partial charge in [0.2, 0.25) is 11.8 Å². The highest BCUT2D eigenvalue weighted by molar-refractivity contribution is 6.00. The summed E-state index contributed by atoms with van der Waals surface area (Å²) in [5, 5.41) is 0. The van der Waals surface area contributed by atoms with Gasteiger partial charge in [-0.15, -0.1) is 0 Å². The molecule has 0 bridgehead atoms. The molecule has 0 aliphatic carbocycles. The largest absolute Gasteiger partial charge is 0.307 e. The van der Waals surface area contributed by atoms with Gasteiger partial charge in [0.05, 0.1) is 11.2 Å². The Morgan fingerprint density at radius 1 is 0.939 bits per heavy atom. The van der Waals surface area contributed by atoms with Crippen LogP contribution in [0.5, 0.6) is 0 Å². The standard InChI is InChI=1S/C29H36N2O2/c1-9-26(33)31-24-15-14-21(16-22(24)19(2)17-27(31,4)5)29(8)18-28(6,7)30(20(3)32)25-13-11-10-12-23(25)29/h10-17H,9,18H2,1-8H3/t29-/m0/s1. The third-order valence-electron chi connectivity index (χ3n) is 7.44. The molecule has 2 aliphatic rings. The molecule has 0 aromatic heterocycles. The molecule has 2 heterocycles. The maximum absolute atomic E-state index is 12.9. The van der Waals surface area contributed by atoms with Crippen molar-refractivity contribution in [3.8, 4) is 0 Å². The molecule has 4 nitrogen and oxygen atoms in total. The van der Waals surface area contributed by atoms with Crippen molar-refractivity contribution >= 4 is 28.8 Å². The third-order valence-corrected chi connectivity index (χ3v) is 7.44. The molecule has 174 valence electrons. The van der Waals surface area contributed by atoms with Crippen LogP contribution in [0.1, 0.15) is 84.9 Å². The lowest BCUT2D eigenvalue weighted by Gasteiger charge is -2.51. The molecule has 1 atom stereocenters. The number of carbonyl (C=O) groups excluding carboxylic acids is 2. The molecule has 0 saturated heterocycles. The number of hydrogen-bond acceptors (Lipinski definition) is 2. The number of nitrogens with zero attached hydrogens (tertiary/aromatic N) is 2. The molecule has 0 N–H and O–H groups in total. The smallest absolute Gasteiger partial charge is 0.227 e. The van der Waals surface area contributed by atoms with Crippen molar-refractivity contribution in [1.29, 1.82) is 0 Å². The van der Waals surface area contributed by atoms with E-state index in [9.17, 15) is 9.59 Å². The fourth-order valence-electron chi connectivity index (χ4n) is 6.34. The summed E-state index contributed by atoms with van der Waals surface area (Å²) in [6.45, 7) is 16.5. The maximum Gasteiger partial charge on any atom is 0.227 e. The van der Waals surface area contributed by atoms with Crippen LogP contribution in [0.4, 0.5) is 11.4 Å². The van der Waals surface area contributed by atoms with Gasteiger partial charge in [0.1, 0.15) is 0 Å². The number of anilines is 2. The molecule has 2 aromatic rings. The Morgan fingerprint density at radius 3 is 2.24 bits per heavy atom. The van der Waals surface area contributed by atoms with Crippen molar-refractivity contribution < 1.29 is 9.59 Å². The summed E-state index contributed by atoms with van der Waals surface area (Å²) < 4.78 is 0. The lowest BCUT2D eigenvalue weighted by Crippen LogP contribution is -2.55. The van der Waals surface area contributed by atoms with Gasteiger partial charge in [0.15, 0.2) is 0 Å². The summed E-state index contributed by atoms with van der Waals surface area (Å²) in [5.41, 5.74) is 5.67. The van der Waals surface area contributed by atoms with Gasteiger partial charge in [-0.3, -0.25) is 9.59 Å². The Bertz CT molecular complexity index is 1170. The summed E-state index contributed by atoms with van der Waals surface area (Å²) in [4.78, 5) is 29.4. The van der Waals surface area contributed by atoms with E-state index in [1.165, 1.54) is 16.7 Å². The van der Waals surface area contributed by atoms with Gasteiger partial charge < -0.3 is 9.80 Å². The Morgan fingerprint density at radius 2 is 1.61 bits per heavy atom. The predicted molar refractivity (Wildman–Crippen MR) is 137 cm³/mol. The average molecular weight is 445 g/mol. The van der Waals surface area contributed by atoms with E-state index in [-0.39, 0.29) is 28.3 Å². The topological polar surface area (TPSA) is 40.6 Å². The first-order chi connectivity index (χ1) is 15.3. The van der Waals surface area contributed by atoms with E-state index in [2.05, 4.69) is 84.0 Å². The van der Waals surface area contributed by atoms with Crippen LogP contribution >= 0.6 is 0 Å². The molecule has 2 amide bonds. The van der Waals surface area contributed by atoms with E-state index in [1.807, 2.05) is 22.8 Å². The molecule has 4 heteroatoms. The monoisotopic (exact) mass is 444 g/mol. The summed E-state index contributed by atoms with van der Waals surface area (Å²) in [6.07, 6.45) is 3.48. The quantitative estimate of drug-likeness (QED) is 0.533. The van der Waals surface area contributed by atoms with Crippen LogP contribution in [0, 0.1) is 0 Å². The summed E-state index contributed by atoms with van der Waals surface area (Å²) >= 11 is 0. The number of amides is 2. The van der Waals surface area contributed by atoms with Gasteiger partial charge in [-0.05, 0) is 75.9 Å². The van der Waals surface area contributed by atoms with E-state index in [1.54, 1.807) is 6.92 Å². The van der Waals surface area contributed by atoms with E-state index >= 15 is 0 Å². The molecule has 4 rings (SSSR count). The van der Waals surface area contributed by atoms with E-state index in [0.29, 0.717) is 6.42 Å². The molecule has 0 radical (unpaired) electrons. The van der Waals surface area contributed by atoms with Crippen molar-refractivity contribution in [2.45, 2.75) is 84.7 Å². The number of benzene rings is 2. The second-order valence-corrected chi connectivity index (χ2v) is 11.0. The van der Waals surface area contributed by atoms with E-state index < -0.39 is 0 Å². The molecule has 0 spiro atoms. The molecule has 0 saturated carbocycles. The van der Waals surface area contributed by atoms with Gasteiger partial charge in [-0.25, -0.2) is 0 Å². The molecule has 2 aromatic carbocycles. The average Bonchev–Trinajstić information content (AvgIpc) is 2.71. The first-order valence-electron chi connectivity index (χ1n) is 11.9. The Labute approximate surface area is 198 Å². The van der Waals surface area contributed by atoms with E-state index in [4.69, 9.17) is 0 Å². The van der Waals surface area contributed by atoms with Crippen LogP contribution in [-0.2, 0) is 15.0 Å².